The zero-order valence-corrected chi connectivity index (χ0v) is 16.3. The Morgan fingerprint density at radius 1 is 1.16 bits per heavy atom. The van der Waals surface area contributed by atoms with E-state index in [9.17, 15) is 9.59 Å². The minimum absolute atomic E-state index is 0.0891. The Morgan fingerprint density at radius 2 is 2.03 bits per heavy atom. The smallest absolute Gasteiger partial charge is 0.287 e. The monoisotopic (exact) mass is 415 g/mol. The number of fused-ring (bicyclic) bond motifs is 1. The molecular formula is C21H17N7O3. The van der Waals surface area contributed by atoms with Crippen molar-refractivity contribution >= 4 is 16.8 Å². The SMILES string of the molecule is N#Cc1ccc2nc(C(=O)NCc3cccc(COCc4ncn[nH]4)c3)[nH]c(=O)c2c1. The van der Waals surface area contributed by atoms with Crippen LogP contribution in [0.2, 0.25) is 0 Å². The van der Waals surface area contributed by atoms with Gasteiger partial charge in [0.2, 0.25) is 0 Å². The molecule has 0 unspecified atom stereocenters. The van der Waals surface area contributed by atoms with Crippen LogP contribution in [0.3, 0.4) is 0 Å². The minimum Gasteiger partial charge on any atom is -0.369 e. The van der Waals surface area contributed by atoms with Crippen LogP contribution in [-0.4, -0.2) is 31.1 Å². The van der Waals surface area contributed by atoms with Crippen LogP contribution in [0.25, 0.3) is 10.9 Å². The lowest BCUT2D eigenvalue weighted by atomic mass is 10.1. The van der Waals surface area contributed by atoms with Crippen LogP contribution in [0, 0.1) is 11.3 Å². The van der Waals surface area contributed by atoms with Crippen molar-refractivity contribution in [1.29, 1.82) is 5.26 Å². The van der Waals surface area contributed by atoms with Crippen molar-refractivity contribution in [2.75, 3.05) is 0 Å². The van der Waals surface area contributed by atoms with E-state index in [4.69, 9.17) is 10.00 Å². The number of aromatic amines is 2. The quantitative estimate of drug-likeness (QED) is 0.414. The highest BCUT2D eigenvalue weighted by atomic mass is 16.5. The molecule has 0 aliphatic rings. The third-order valence-electron chi connectivity index (χ3n) is 4.47. The first-order chi connectivity index (χ1) is 15.1. The van der Waals surface area contributed by atoms with E-state index in [1.165, 1.54) is 12.4 Å². The van der Waals surface area contributed by atoms with E-state index >= 15 is 0 Å². The summed E-state index contributed by atoms with van der Waals surface area (Å²) in [6, 6.07) is 14.1. The molecule has 3 N–H and O–H groups in total. The van der Waals surface area contributed by atoms with Crippen molar-refractivity contribution in [3.05, 3.63) is 87.5 Å². The summed E-state index contributed by atoms with van der Waals surface area (Å²) in [7, 11) is 0. The van der Waals surface area contributed by atoms with Gasteiger partial charge in [0.1, 0.15) is 18.8 Å². The second kappa shape index (κ2) is 8.98. The summed E-state index contributed by atoms with van der Waals surface area (Å²) in [6.07, 6.45) is 1.42. The fourth-order valence-corrected chi connectivity index (χ4v) is 2.98. The molecule has 2 aromatic heterocycles. The van der Waals surface area contributed by atoms with Crippen molar-refractivity contribution in [3.8, 4) is 6.07 Å². The van der Waals surface area contributed by atoms with Crippen LogP contribution >= 0.6 is 0 Å². The molecule has 0 aliphatic carbocycles. The second-order valence-electron chi connectivity index (χ2n) is 6.69. The number of hydrogen-bond donors (Lipinski definition) is 3. The zero-order chi connectivity index (χ0) is 21.6. The van der Waals surface area contributed by atoms with Crippen LogP contribution in [-0.2, 0) is 24.5 Å². The van der Waals surface area contributed by atoms with E-state index < -0.39 is 11.5 Å². The van der Waals surface area contributed by atoms with Gasteiger partial charge in [0.05, 0.1) is 29.1 Å². The lowest BCUT2D eigenvalue weighted by Gasteiger charge is -2.08. The van der Waals surface area contributed by atoms with Crippen molar-refractivity contribution in [2.24, 2.45) is 0 Å². The van der Waals surface area contributed by atoms with E-state index in [1.54, 1.807) is 12.1 Å². The molecule has 0 radical (unpaired) electrons. The third-order valence-corrected chi connectivity index (χ3v) is 4.47. The molecule has 0 spiro atoms. The lowest BCUT2D eigenvalue weighted by Crippen LogP contribution is -2.27. The molecule has 154 valence electrons. The van der Waals surface area contributed by atoms with Gasteiger partial charge in [-0.2, -0.15) is 10.4 Å². The van der Waals surface area contributed by atoms with Crippen molar-refractivity contribution in [1.82, 2.24) is 30.5 Å². The molecule has 0 bridgehead atoms. The highest BCUT2D eigenvalue weighted by molar-refractivity contribution is 5.92. The summed E-state index contributed by atoms with van der Waals surface area (Å²) in [5.41, 5.74) is 2.03. The highest BCUT2D eigenvalue weighted by Crippen LogP contribution is 2.10. The number of nitrogens with one attached hydrogen (secondary N) is 3. The molecule has 10 nitrogen and oxygen atoms in total. The Bertz CT molecular complexity index is 1320. The van der Waals surface area contributed by atoms with Crippen molar-refractivity contribution < 1.29 is 9.53 Å². The average molecular weight is 415 g/mol. The highest BCUT2D eigenvalue weighted by Gasteiger charge is 2.12. The largest absolute Gasteiger partial charge is 0.369 e. The molecule has 0 saturated carbocycles. The summed E-state index contributed by atoms with van der Waals surface area (Å²) < 4.78 is 5.59. The summed E-state index contributed by atoms with van der Waals surface area (Å²) in [5.74, 6) is 0.0493. The van der Waals surface area contributed by atoms with E-state index in [1.807, 2.05) is 30.3 Å². The number of benzene rings is 2. The molecular weight excluding hydrogens is 398 g/mol. The van der Waals surface area contributed by atoms with Gasteiger partial charge in [0.15, 0.2) is 5.82 Å². The number of nitriles is 1. The Hall–Kier alpha value is -4.36. The maximum Gasteiger partial charge on any atom is 0.287 e. The second-order valence-corrected chi connectivity index (χ2v) is 6.69. The number of amides is 1. The topological polar surface area (TPSA) is 149 Å². The molecule has 0 atom stereocenters. The van der Waals surface area contributed by atoms with Gasteiger partial charge in [0, 0.05) is 6.54 Å². The van der Waals surface area contributed by atoms with Crippen molar-refractivity contribution in [2.45, 2.75) is 19.8 Å². The number of rotatable bonds is 7. The number of carbonyl (C=O) groups excluding carboxylic acids is 1. The third kappa shape index (κ3) is 4.80. The van der Waals surface area contributed by atoms with Gasteiger partial charge in [-0.3, -0.25) is 14.7 Å². The predicted molar refractivity (Wildman–Crippen MR) is 110 cm³/mol. The zero-order valence-electron chi connectivity index (χ0n) is 16.3. The van der Waals surface area contributed by atoms with Gasteiger partial charge in [-0.05, 0) is 29.3 Å². The fraction of sp³-hybridized carbons (Fsp3) is 0.143. The van der Waals surface area contributed by atoms with Gasteiger partial charge in [-0.1, -0.05) is 24.3 Å². The number of hydrogen-bond acceptors (Lipinski definition) is 7. The maximum absolute atomic E-state index is 12.5. The molecule has 0 saturated heterocycles. The normalized spacial score (nSPS) is 10.7. The number of aromatic nitrogens is 5. The summed E-state index contributed by atoms with van der Waals surface area (Å²) in [6.45, 7) is 0.953. The molecule has 1 amide bonds. The minimum atomic E-state index is -0.504. The Balaban J connectivity index is 1.39. The van der Waals surface area contributed by atoms with Crippen LogP contribution in [0.1, 0.15) is 33.1 Å². The lowest BCUT2D eigenvalue weighted by molar-refractivity contribution is 0.0940. The molecule has 31 heavy (non-hydrogen) atoms. The van der Waals surface area contributed by atoms with Crippen LogP contribution in [0.4, 0.5) is 0 Å². The van der Waals surface area contributed by atoms with Crippen LogP contribution in [0.15, 0.2) is 53.6 Å². The molecule has 10 heteroatoms. The predicted octanol–water partition coefficient (Wildman–Crippen LogP) is 1.56. The molecule has 0 aliphatic heterocycles. The van der Waals surface area contributed by atoms with Crippen LogP contribution in [0.5, 0.6) is 0 Å². The van der Waals surface area contributed by atoms with E-state index in [2.05, 4.69) is 30.5 Å². The Morgan fingerprint density at radius 3 is 2.84 bits per heavy atom. The molecule has 2 aromatic carbocycles. The van der Waals surface area contributed by atoms with Crippen molar-refractivity contribution in [3.63, 3.8) is 0 Å². The Labute approximate surface area is 175 Å². The first kappa shape index (κ1) is 19.9. The molecule has 4 aromatic rings. The number of nitrogens with zero attached hydrogens (tertiary/aromatic N) is 4. The van der Waals surface area contributed by atoms with E-state index in [0.717, 1.165) is 11.1 Å². The van der Waals surface area contributed by atoms with Gasteiger partial charge in [-0.25, -0.2) is 9.97 Å². The number of ether oxygens (including phenoxy) is 1. The molecule has 0 fully saturated rings. The molecule has 4 rings (SSSR count). The molecule has 2 heterocycles. The van der Waals surface area contributed by atoms with Crippen LogP contribution < -0.4 is 10.9 Å². The maximum atomic E-state index is 12.5. The van der Waals surface area contributed by atoms with Gasteiger partial charge < -0.3 is 15.0 Å². The first-order valence-corrected chi connectivity index (χ1v) is 9.34. The van der Waals surface area contributed by atoms with Gasteiger partial charge >= 0.3 is 0 Å². The van der Waals surface area contributed by atoms with Gasteiger partial charge in [0.25, 0.3) is 11.5 Å². The number of carbonyl (C=O) groups is 1. The standard InChI is InChI=1S/C21H17N7O3/c22-8-13-4-5-17-16(7-13)20(29)27-19(26-17)21(30)23-9-14-2-1-3-15(6-14)10-31-11-18-24-12-25-28-18/h1-7,12H,9-11H2,(H,23,30)(H,24,25,28)(H,26,27,29). The van der Waals surface area contributed by atoms with E-state index in [-0.39, 0.29) is 17.8 Å². The average Bonchev–Trinajstić information content (AvgIpc) is 3.31. The Kier molecular flexibility index (Phi) is 5.77. The summed E-state index contributed by atoms with van der Waals surface area (Å²) in [4.78, 5) is 35.4. The fourth-order valence-electron chi connectivity index (χ4n) is 2.98. The van der Waals surface area contributed by atoms with E-state index in [0.29, 0.717) is 30.1 Å². The first-order valence-electron chi connectivity index (χ1n) is 9.34. The summed E-state index contributed by atoms with van der Waals surface area (Å²) >= 11 is 0. The summed E-state index contributed by atoms with van der Waals surface area (Å²) in [5, 5.41) is 18.4. The number of H-pyrrole nitrogens is 2. The van der Waals surface area contributed by atoms with Gasteiger partial charge in [-0.15, -0.1) is 0 Å².